The first-order valence-corrected chi connectivity index (χ1v) is 8.30. The van der Waals surface area contributed by atoms with Crippen LogP contribution in [0.2, 0.25) is 0 Å². The van der Waals surface area contributed by atoms with Crippen LogP contribution in [0.5, 0.6) is 0 Å². The van der Waals surface area contributed by atoms with E-state index in [9.17, 15) is 0 Å². The second kappa shape index (κ2) is 9.15. The van der Waals surface area contributed by atoms with Crippen LogP contribution in [0.4, 0.5) is 0 Å². The van der Waals surface area contributed by atoms with Gasteiger partial charge >= 0.3 is 0 Å². The Morgan fingerprint density at radius 2 is 1.40 bits per heavy atom. The zero-order valence-electron chi connectivity index (χ0n) is 12.9. The van der Waals surface area contributed by atoms with Crippen molar-refractivity contribution in [3.8, 4) is 0 Å². The molecule has 2 aliphatic rings. The molecule has 0 aromatic heterocycles. The van der Waals surface area contributed by atoms with Crippen molar-refractivity contribution in [2.75, 3.05) is 26.2 Å². The summed E-state index contributed by atoms with van der Waals surface area (Å²) in [7, 11) is 0. The molecule has 2 aliphatic heterocycles. The third kappa shape index (κ3) is 6.06. The van der Waals surface area contributed by atoms with E-state index in [0.717, 1.165) is 11.8 Å². The van der Waals surface area contributed by atoms with Gasteiger partial charge in [-0.1, -0.05) is 37.3 Å². The van der Waals surface area contributed by atoms with E-state index in [2.05, 4.69) is 47.9 Å². The molecule has 2 nitrogen and oxygen atoms in total. The molecular formula is C18H30N2. The Hall–Kier alpha value is -0.860. The van der Waals surface area contributed by atoms with Crippen molar-refractivity contribution in [1.82, 2.24) is 10.6 Å². The molecule has 3 rings (SSSR count). The summed E-state index contributed by atoms with van der Waals surface area (Å²) in [6, 6.07) is 10.8. The minimum atomic E-state index is 0.906. The fourth-order valence-corrected chi connectivity index (χ4v) is 3.00. The smallest absolute Gasteiger partial charge is 0.00462 e. The Balaban J connectivity index is 0.000000178. The van der Waals surface area contributed by atoms with Crippen LogP contribution in [-0.2, 0) is 6.42 Å². The molecule has 2 saturated heterocycles. The number of rotatable bonds is 2. The standard InChI is InChI=1S/C12H17N.C6H13N/c1-2-4-11(5-3-1)10-12-6-8-13-9-7-12;1-6-2-4-7-5-3-6/h1-5,12-13H,6-10H2;6-7H,2-5H2,1H3. The maximum atomic E-state index is 3.40. The summed E-state index contributed by atoms with van der Waals surface area (Å²) in [5.41, 5.74) is 1.49. The molecule has 20 heavy (non-hydrogen) atoms. The van der Waals surface area contributed by atoms with Gasteiger partial charge in [-0.05, 0) is 75.7 Å². The van der Waals surface area contributed by atoms with Gasteiger partial charge in [0.1, 0.15) is 0 Å². The highest BCUT2D eigenvalue weighted by atomic mass is 14.9. The summed E-state index contributed by atoms with van der Waals surface area (Å²) >= 11 is 0. The topological polar surface area (TPSA) is 24.1 Å². The summed E-state index contributed by atoms with van der Waals surface area (Å²) in [6.07, 6.45) is 6.70. The van der Waals surface area contributed by atoms with Gasteiger partial charge in [0.15, 0.2) is 0 Å². The Kier molecular flexibility index (Phi) is 7.10. The molecule has 2 heterocycles. The van der Waals surface area contributed by atoms with E-state index in [1.807, 2.05) is 0 Å². The van der Waals surface area contributed by atoms with Crippen LogP contribution in [0.1, 0.15) is 38.2 Å². The molecule has 0 amide bonds. The van der Waals surface area contributed by atoms with Gasteiger partial charge in [0.05, 0.1) is 0 Å². The molecule has 0 aliphatic carbocycles. The summed E-state index contributed by atoms with van der Waals surface area (Å²) in [4.78, 5) is 0. The molecule has 0 saturated carbocycles. The molecule has 2 heteroatoms. The number of hydrogen-bond donors (Lipinski definition) is 2. The number of nitrogens with one attached hydrogen (secondary N) is 2. The van der Waals surface area contributed by atoms with Crippen molar-refractivity contribution in [2.45, 2.75) is 39.0 Å². The summed E-state index contributed by atoms with van der Waals surface area (Å²) < 4.78 is 0. The van der Waals surface area contributed by atoms with Crippen molar-refractivity contribution < 1.29 is 0 Å². The van der Waals surface area contributed by atoms with Gasteiger partial charge in [-0.25, -0.2) is 0 Å². The predicted molar refractivity (Wildman–Crippen MR) is 87.0 cm³/mol. The van der Waals surface area contributed by atoms with Crippen LogP contribution in [0.25, 0.3) is 0 Å². The fraction of sp³-hybridized carbons (Fsp3) is 0.667. The van der Waals surface area contributed by atoms with Crippen LogP contribution >= 0.6 is 0 Å². The molecule has 112 valence electrons. The molecule has 0 spiro atoms. The van der Waals surface area contributed by atoms with Gasteiger partial charge in [0.2, 0.25) is 0 Å². The Morgan fingerprint density at radius 3 is 1.90 bits per heavy atom. The number of piperidine rings is 2. The average molecular weight is 274 g/mol. The van der Waals surface area contributed by atoms with E-state index < -0.39 is 0 Å². The van der Waals surface area contributed by atoms with Crippen LogP contribution in [0.3, 0.4) is 0 Å². The van der Waals surface area contributed by atoms with Gasteiger partial charge in [-0.15, -0.1) is 0 Å². The number of hydrogen-bond acceptors (Lipinski definition) is 2. The lowest BCUT2D eigenvalue weighted by atomic mass is 9.91. The average Bonchev–Trinajstić information content (AvgIpc) is 2.51. The minimum Gasteiger partial charge on any atom is -0.317 e. The van der Waals surface area contributed by atoms with Gasteiger partial charge in [0.25, 0.3) is 0 Å². The van der Waals surface area contributed by atoms with Gasteiger partial charge < -0.3 is 10.6 Å². The SMILES string of the molecule is CC1CCNCC1.c1ccc(CC2CCNCC2)cc1. The maximum Gasteiger partial charge on any atom is -0.00462 e. The highest BCUT2D eigenvalue weighted by Crippen LogP contribution is 2.17. The first-order valence-electron chi connectivity index (χ1n) is 8.30. The van der Waals surface area contributed by atoms with Crippen LogP contribution in [0, 0.1) is 11.8 Å². The number of benzene rings is 1. The van der Waals surface area contributed by atoms with Gasteiger partial charge in [0, 0.05) is 0 Å². The molecular weight excluding hydrogens is 244 g/mol. The normalized spacial score (nSPS) is 21.1. The van der Waals surface area contributed by atoms with E-state index >= 15 is 0 Å². The third-order valence-electron chi connectivity index (χ3n) is 4.45. The Bertz CT molecular complexity index is 338. The molecule has 0 unspecified atom stereocenters. The molecule has 2 fully saturated rings. The summed E-state index contributed by atoms with van der Waals surface area (Å²) in [5.74, 6) is 1.88. The Labute approximate surface area is 124 Å². The zero-order valence-corrected chi connectivity index (χ0v) is 12.9. The zero-order chi connectivity index (χ0) is 14.0. The van der Waals surface area contributed by atoms with E-state index in [4.69, 9.17) is 0 Å². The molecule has 1 aromatic rings. The van der Waals surface area contributed by atoms with Crippen molar-refractivity contribution in [2.24, 2.45) is 11.8 Å². The van der Waals surface area contributed by atoms with Crippen molar-refractivity contribution in [1.29, 1.82) is 0 Å². The quantitative estimate of drug-likeness (QED) is 0.865. The molecule has 0 atom stereocenters. The lowest BCUT2D eigenvalue weighted by Gasteiger charge is -2.22. The van der Waals surface area contributed by atoms with Crippen LogP contribution < -0.4 is 10.6 Å². The van der Waals surface area contributed by atoms with E-state index in [-0.39, 0.29) is 0 Å². The monoisotopic (exact) mass is 274 g/mol. The van der Waals surface area contributed by atoms with Gasteiger partial charge in [-0.3, -0.25) is 0 Å². The first kappa shape index (κ1) is 15.5. The third-order valence-corrected chi connectivity index (χ3v) is 4.45. The highest BCUT2D eigenvalue weighted by molar-refractivity contribution is 5.15. The van der Waals surface area contributed by atoms with Crippen molar-refractivity contribution in [3.05, 3.63) is 35.9 Å². The summed E-state index contributed by atoms with van der Waals surface area (Å²) in [5, 5.41) is 6.72. The van der Waals surface area contributed by atoms with Crippen LogP contribution in [-0.4, -0.2) is 26.2 Å². The van der Waals surface area contributed by atoms with E-state index in [1.54, 1.807) is 0 Å². The minimum absolute atomic E-state index is 0.906. The predicted octanol–water partition coefficient (Wildman–Crippen LogP) is 3.23. The van der Waals surface area contributed by atoms with Crippen molar-refractivity contribution >= 4 is 0 Å². The highest BCUT2D eigenvalue weighted by Gasteiger charge is 2.12. The largest absolute Gasteiger partial charge is 0.317 e. The van der Waals surface area contributed by atoms with E-state index in [0.29, 0.717) is 0 Å². The first-order chi connectivity index (χ1) is 9.84. The van der Waals surface area contributed by atoms with Gasteiger partial charge in [-0.2, -0.15) is 0 Å². The van der Waals surface area contributed by atoms with E-state index in [1.165, 1.54) is 63.8 Å². The fourth-order valence-electron chi connectivity index (χ4n) is 3.00. The van der Waals surface area contributed by atoms with Crippen LogP contribution in [0.15, 0.2) is 30.3 Å². The maximum absolute atomic E-state index is 3.40. The second-order valence-electron chi connectivity index (χ2n) is 6.32. The molecule has 2 N–H and O–H groups in total. The van der Waals surface area contributed by atoms with Crippen molar-refractivity contribution in [3.63, 3.8) is 0 Å². The molecule has 0 radical (unpaired) electrons. The second-order valence-corrected chi connectivity index (χ2v) is 6.32. The lowest BCUT2D eigenvalue weighted by Crippen LogP contribution is -2.28. The summed E-state index contributed by atoms with van der Waals surface area (Å²) in [6.45, 7) is 7.21. The molecule has 1 aromatic carbocycles. The Morgan fingerprint density at radius 1 is 0.850 bits per heavy atom. The molecule has 0 bridgehead atoms. The lowest BCUT2D eigenvalue weighted by molar-refractivity contribution is 0.372.